The number of halogens is 3. The van der Waals surface area contributed by atoms with Crippen molar-refractivity contribution < 1.29 is 32.2 Å². The van der Waals surface area contributed by atoms with E-state index in [1.165, 1.54) is 69.9 Å². The maximum atomic E-state index is 15.0. The van der Waals surface area contributed by atoms with Crippen LogP contribution in [0.5, 0.6) is 17.2 Å². The molecular weight excluding hydrogens is 591 g/mol. The first-order chi connectivity index (χ1) is 20.2. The molecule has 3 aromatic carbocycles. The molecule has 0 atom stereocenters. The molecule has 0 aliphatic rings. The maximum absolute atomic E-state index is 15.0. The number of para-hydroxylation sites is 1. The SMILES string of the molecule is COc1ccc(/C=c2\s/c(=C(/C#N)C(=O)Nc3ccc(SC(F)F)cc3)n(-c3ccccc3F)c2=O)c(OC)c1OC. The van der Waals surface area contributed by atoms with E-state index in [1.54, 1.807) is 12.1 Å². The molecule has 0 aliphatic heterocycles. The second kappa shape index (κ2) is 13.3. The fourth-order valence-corrected chi connectivity index (χ4v) is 5.57. The zero-order chi connectivity index (χ0) is 30.4. The molecule has 0 aliphatic carbocycles. The van der Waals surface area contributed by atoms with Crippen molar-refractivity contribution in [2.24, 2.45) is 0 Å². The number of nitrogens with one attached hydrogen (secondary N) is 1. The van der Waals surface area contributed by atoms with E-state index in [1.807, 2.05) is 6.07 Å². The first-order valence-corrected chi connectivity index (χ1v) is 13.7. The number of hydrogen-bond acceptors (Lipinski definition) is 8. The van der Waals surface area contributed by atoms with Gasteiger partial charge >= 0.3 is 0 Å². The lowest BCUT2D eigenvalue weighted by Crippen LogP contribution is -2.32. The Morgan fingerprint density at radius 3 is 2.31 bits per heavy atom. The number of carbonyl (C=O) groups excluding carboxylic acids is 1. The Morgan fingerprint density at radius 2 is 1.71 bits per heavy atom. The molecule has 1 heterocycles. The van der Waals surface area contributed by atoms with E-state index >= 15 is 0 Å². The molecule has 1 aromatic heterocycles. The topological polar surface area (TPSA) is 103 Å². The van der Waals surface area contributed by atoms with Crippen LogP contribution in [0.3, 0.4) is 0 Å². The van der Waals surface area contributed by atoms with Gasteiger partial charge in [-0.05, 0) is 54.6 Å². The standard InChI is InChI=1S/C29H22F3N3O5S2/c1-38-22-13-8-16(24(39-2)25(22)40-3)14-23-27(37)35(21-7-5-4-6-20(21)30)28(42-23)19(15-33)26(36)34-17-9-11-18(12-10-17)41-29(31)32/h4-14,29H,1-3H3,(H,34,36)/b23-14-,28-19-. The summed E-state index contributed by atoms with van der Waals surface area (Å²) < 4.78 is 57.4. The van der Waals surface area contributed by atoms with Crippen LogP contribution < -0.4 is 34.3 Å². The molecule has 42 heavy (non-hydrogen) atoms. The van der Waals surface area contributed by atoms with Gasteiger partial charge in [0.15, 0.2) is 17.1 Å². The fraction of sp³-hybridized carbons (Fsp3) is 0.138. The van der Waals surface area contributed by atoms with Crippen LogP contribution in [0.15, 0.2) is 70.4 Å². The van der Waals surface area contributed by atoms with Gasteiger partial charge in [0.25, 0.3) is 17.2 Å². The molecule has 1 amide bonds. The first kappa shape index (κ1) is 30.3. The Labute approximate surface area is 245 Å². The Morgan fingerprint density at radius 1 is 1.02 bits per heavy atom. The van der Waals surface area contributed by atoms with Gasteiger partial charge < -0.3 is 19.5 Å². The zero-order valence-corrected chi connectivity index (χ0v) is 23.9. The summed E-state index contributed by atoms with van der Waals surface area (Å²) in [7, 11) is 4.30. The number of benzene rings is 3. The summed E-state index contributed by atoms with van der Waals surface area (Å²) in [5, 5.41) is 12.5. The Kier molecular flexibility index (Phi) is 9.61. The fourth-order valence-electron chi connectivity index (χ4n) is 3.99. The number of carbonyl (C=O) groups is 1. The lowest BCUT2D eigenvalue weighted by Gasteiger charge is -2.13. The summed E-state index contributed by atoms with van der Waals surface area (Å²) in [5.41, 5.74) is -0.673. The van der Waals surface area contributed by atoms with Gasteiger partial charge in [-0.25, -0.2) is 4.39 Å². The summed E-state index contributed by atoms with van der Waals surface area (Å²) in [4.78, 5) is 27.2. The number of nitrogens with zero attached hydrogens (tertiary/aromatic N) is 2. The second-order valence-corrected chi connectivity index (χ2v) is 10.4. The number of anilines is 1. The number of ether oxygens (including phenoxy) is 3. The first-order valence-electron chi connectivity index (χ1n) is 12.0. The summed E-state index contributed by atoms with van der Waals surface area (Å²) in [5.74, 6) is -3.31. The van der Waals surface area contributed by atoms with Crippen molar-refractivity contribution in [1.82, 2.24) is 4.57 Å². The number of alkyl halides is 2. The number of aromatic nitrogens is 1. The molecule has 0 fully saturated rings. The van der Waals surface area contributed by atoms with E-state index in [4.69, 9.17) is 14.2 Å². The minimum atomic E-state index is -2.61. The number of methoxy groups -OCH3 is 3. The number of amides is 1. The predicted octanol–water partition coefficient (Wildman–Crippen LogP) is 4.52. The normalized spacial score (nSPS) is 12.1. The van der Waals surface area contributed by atoms with Gasteiger partial charge in [-0.2, -0.15) is 14.0 Å². The van der Waals surface area contributed by atoms with Gasteiger partial charge in [0.2, 0.25) is 5.75 Å². The highest BCUT2D eigenvalue weighted by Gasteiger charge is 2.20. The molecule has 8 nitrogen and oxygen atoms in total. The summed E-state index contributed by atoms with van der Waals surface area (Å²) in [6, 6.07) is 16.1. The molecule has 1 N–H and O–H groups in total. The minimum absolute atomic E-state index is 0.0627. The number of thioether (sulfide) groups is 1. The number of hydrogen-bond donors (Lipinski definition) is 1. The Bertz CT molecular complexity index is 1850. The van der Waals surface area contributed by atoms with E-state index in [9.17, 15) is 28.0 Å². The van der Waals surface area contributed by atoms with Gasteiger partial charge in [0.1, 0.15) is 16.5 Å². The minimum Gasteiger partial charge on any atom is -0.493 e. The van der Waals surface area contributed by atoms with Gasteiger partial charge in [-0.1, -0.05) is 23.9 Å². The van der Waals surface area contributed by atoms with Crippen molar-refractivity contribution in [3.63, 3.8) is 0 Å². The van der Waals surface area contributed by atoms with Gasteiger partial charge in [0.05, 0.1) is 31.5 Å². The number of thiazole rings is 1. The lowest BCUT2D eigenvalue weighted by atomic mass is 10.1. The van der Waals surface area contributed by atoms with Crippen molar-refractivity contribution in [2.45, 2.75) is 10.7 Å². The third-order valence-electron chi connectivity index (χ3n) is 5.83. The summed E-state index contributed by atoms with van der Waals surface area (Å²) in [6.45, 7) is 0. The van der Waals surface area contributed by atoms with Crippen LogP contribution in [-0.2, 0) is 4.79 Å². The van der Waals surface area contributed by atoms with Crippen LogP contribution in [0, 0.1) is 17.1 Å². The van der Waals surface area contributed by atoms with Crippen molar-refractivity contribution in [2.75, 3.05) is 26.6 Å². The molecule has 0 bridgehead atoms. The zero-order valence-electron chi connectivity index (χ0n) is 22.3. The van der Waals surface area contributed by atoms with Crippen LogP contribution in [0.1, 0.15) is 5.56 Å². The van der Waals surface area contributed by atoms with E-state index in [-0.39, 0.29) is 37.0 Å². The van der Waals surface area contributed by atoms with Crippen molar-refractivity contribution >= 4 is 46.3 Å². The summed E-state index contributed by atoms with van der Waals surface area (Å²) >= 11 is 1.15. The number of rotatable bonds is 9. The molecular formula is C29H22F3N3O5S2. The molecule has 4 aromatic rings. The quantitative estimate of drug-likeness (QED) is 0.277. The lowest BCUT2D eigenvalue weighted by molar-refractivity contribution is -0.111. The molecule has 0 saturated carbocycles. The third kappa shape index (κ3) is 6.29. The number of nitriles is 1. The Hall–Kier alpha value is -4.67. The highest BCUT2D eigenvalue weighted by atomic mass is 32.2. The van der Waals surface area contributed by atoms with Crippen LogP contribution in [0.4, 0.5) is 18.9 Å². The van der Waals surface area contributed by atoms with E-state index in [2.05, 4.69) is 5.32 Å². The van der Waals surface area contributed by atoms with Gasteiger partial charge in [0, 0.05) is 16.1 Å². The third-order valence-corrected chi connectivity index (χ3v) is 7.64. The average Bonchev–Trinajstić information content (AvgIpc) is 3.28. The second-order valence-electron chi connectivity index (χ2n) is 8.28. The highest BCUT2D eigenvalue weighted by molar-refractivity contribution is 7.99. The van der Waals surface area contributed by atoms with E-state index < -0.39 is 28.6 Å². The van der Waals surface area contributed by atoms with Crippen LogP contribution in [-0.4, -0.2) is 37.6 Å². The van der Waals surface area contributed by atoms with Crippen LogP contribution in [0.2, 0.25) is 0 Å². The molecule has 0 radical (unpaired) electrons. The maximum Gasteiger partial charge on any atom is 0.288 e. The van der Waals surface area contributed by atoms with Crippen molar-refractivity contribution in [3.8, 4) is 29.0 Å². The van der Waals surface area contributed by atoms with Crippen molar-refractivity contribution in [1.29, 1.82) is 5.26 Å². The van der Waals surface area contributed by atoms with Crippen LogP contribution >= 0.6 is 23.1 Å². The van der Waals surface area contributed by atoms with E-state index in [0.29, 0.717) is 23.1 Å². The molecule has 216 valence electrons. The summed E-state index contributed by atoms with van der Waals surface area (Å²) in [6.07, 6.45) is 1.47. The molecule has 0 unspecified atom stereocenters. The monoisotopic (exact) mass is 613 g/mol. The largest absolute Gasteiger partial charge is 0.493 e. The van der Waals surface area contributed by atoms with E-state index in [0.717, 1.165) is 22.0 Å². The van der Waals surface area contributed by atoms with Crippen LogP contribution in [0.25, 0.3) is 17.3 Å². The molecule has 0 saturated heterocycles. The predicted molar refractivity (Wildman–Crippen MR) is 155 cm³/mol. The Balaban J connectivity index is 1.93. The molecule has 0 spiro atoms. The van der Waals surface area contributed by atoms with Gasteiger partial charge in [-0.15, -0.1) is 11.3 Å². The highest BCUT2D eigenvalue weighted by Crippen LogP contribution is 2.40. The smallest absolute Gasteiger partial charge is 0.288 e. The van der Waals surface area contributed by atoms with Crippen molar-refractivity contribution in [3.05, 3.63) is 91.6 Å². The average molecular weight is 614 g/mol. The molecule has 13 heteroatoms. The molecule has 4 rings (SSSR count). The van der Waals surface area contributed by atoms with Gasteiger partial charge in [-0.3, -0.25) is 14.2 Å².